The molecule has 0 saturated heterocycles. The highest BCUT2D eigenvalue weighted by Gasteiger charge is 2.14. The quantitative estimate of drug-likeness (QED) is 0.727. The Kier molecular flexibility index (Phi) is 6.38. The maximum absolute atomic E-state index is 12.1. The van der Waals surface area contributed by atoms with E-state index in [2.05, 4.69) is 5.32 Å². The van der Waals surface area contributed by atoms with Crippen molar-refractivity contribution in [3.8, 4) is 23.0 Å². The van der Waals surface area contributed by atoms with Crippen LogP contribution >= 0.6 is 0 Å². The normalized spacial score (nSPS) is 12.1. The van der Waals surface area contributed by atoms with Crippen LogP contribution in [0.5, 0.6) is 23.0 Å². The molecular weight excluding hydrogens is 348 g/mol. The number of nitrogens with zero attached hydrogens (tertiary/aromatic N) is 1. The molecule has 2 aromatic rings. The molecule has 7 heteroatoms. The molecule has 2 aromatic carbocycles. The number of amides is 1. The van der Waals surface area contributed by atoms with Crippen LogP contribution in [0.15, 0.2) is 42.5 Å². The molecule has 0 aromatic heterocycles. The Balaban J connectivity index is 1.37. The van der Waals surface area contributed by atoms with E-state index >= 15 is 0 Å². The number of rotatable bonds is 9. The van der Waals surface area contributed by atoms with Gasteiger partial charge in [0.1, 0.15) is 6.61 Å². The Morgan fingerprint density at radius 1 is 1.15 bits per heavy atom. The molecule has 0 fully saturated rings. The monoisotopic (exact) mass is 372 g/mol. The minimum absolute atomic E-state index is 0.0486. The zero-order valence-electron chi connectivity index (χ0n) is 15.6. The number of carbonyl (C=O) groups is 1. The SMILES string of the molecule is COc1ccccc1OCCN(C)CC(=O)NCc1ccc2c(c1)OCO2. The molecule has 144 valence electrons. The van der Waals surface area contributed by atoms with Gasteiger partial charge >= 0.3 is 0 Å². The average Bonchev–Trinajstić information content (AvgIpc) is 3.14. The van der Waals surface area contributed by atoms with Crippen LogP contribution in [0.2, 0.25) is 0 Å². The molecule has 27 heavy (non-hydrogen) atoms. The third-order valence-electron chi connectivity index (χ3n) is 4.14. The number of ether oxygens (including phenoxy) is 4. The summed E-state index contributed by atoms with van der Waals surface area (Å²) in [5.41, 5.74) is 0.967. The number of nitrogens with one attached hydrogen (secondary N) is 1. The number of hydrogen-bond acceptors (Lipinski definition) is 6. The smallest absolute Gasteiger partial charge is 0.234 e. The molecule has 1 aliphatic rings. The standard InChI is InChI=1S/C20H24N2O5/c1-22(9-10-25-17-6-4-3-5-16(17)24-2)13-20(23)21-12-15-7-8-18-19(11-15)27-14-26-18/h3-8,11H,9-10,12-14H2,1-2H3,(H,21,23). The van der Waals surface area contributed by atoms with Gasteiger partial charge in [-0.2, -0.15) is 0 Å². The van der Waals surface area contributed by atoms with Crippen LogP contribution in [0.4, 0.5) is 0 Å². The first kappa shape index (κ1) is 18.8. The van der Waals surface area contributed by atoms with Gasteiger partial charge in [0.25, 0.3) is 0 Å². The molecule has 0 bridgehead atoms. The third-order valence-corrected chi connectivity index (χ3v) is 4.14. The van der Waals surface area contributed by atoms with Gasteiger partial charge in [-0.25, -0.2) is 0 Å². The van der Waals surface area contributed by atoms with Gasteiger partial charge in [-0.05, 0) is 36.9 Å². The summed E-state index contributed by atoms with van der Waals surface area (Å²) in [6.07, 6.45) is 0. The van der Waals surface area contributed by atoms with Crippen molar-refractivity contribution >= 4 is 5.91 Å². The average molecular weight is 372 g/mol. The van der Waals surface area contributed by atoms with E-state index in [0.29, 0.717) is 43.5 Å². The van der Waals surface area contributed by atoms with Gasteiger partial charge < -0.3 is 24.3 Å². The Morgan fingerprint density at radius 2 is 1.93 bits per heavy atom. The fraction of sp³-hybridized carbons (Fsp3) is 0.350. The van der Waals surface area contributed by atoms with E-state index in [4.69, 9.17) is 18.9 Å². The molecule has 0 spiro atoms. The summed E-state index contributed by atoms with van der Waals surface area (Å²) in [6, 6.07) is 13.1. The molecule has 3 rings (SSSR count). The number of para-hydroxylation sites is 2. The summed E-state index contributed by atoms with van der Waals surface area (Å²) in [7, 11) is 3.49. The van der Waals surface area contributed by atoms with Crippen LogP contribution < -0.4 is 24.3 Å². The lowest BCUT2D eigenvalue weighted by Crippen LogP contribution is -2.36. The van der Waals surface area contributed by atoms with Crippen LogP contribution in [-0.4, -0.2) is 51.5 Å². The van der Waals surface area contributed by atoms with Crippen molar-refractivity contribution in [3.05, 3.63) is 48.0 Å². The minimum Gasteiger partial charge on any atom is -0.493 e. The van der Waals surface area contributed by atoms with Gasteiger partial charge in [-0.15, -0.1) is 0 Å². The summed E-state index contributed by atoms with van der Waals surface area (Å²) < 4.78 is 21.6. The molecular formula is C20H24N2O5. The summed E-state index contributed by atoms with van der Waals surface area (Å²) >= 11 is 0. The molecule has 7 nitrogen and oxygen atoms in total. The predicted molar refractivity (Wildman–Crippen MR) is 100 cm³/mol. The second-order valence-corrected chi connectivity index (χ2v) is 6.20. The lowest BCUT2D eigenvalue weighted by molar-refractivity contribution is -0.122. The Bertz CT molecular complexity index is 781. The molecule has 1 N–H and O–H groups in total. The molecule has 0 aliphatic carbocycles. The van der Waals surface area contributed by atoms with E-state index in [1.165, 1.54) is 0 Å². The van der Waals surface area contributed by atoms with E-state index in [9.17, 15) is 4.79 Å². The van der Waals surface area contributed by atoms with Gasteiger partial charge in [-0.3, -0.25) is 9.69 Å². The van der Waals surface area contributed by atoms with Crippen LogP contribution in [0.25, 0.3) is 0 Å². The van der Waals surface area contributed by atoms with Gasteiger partial charge in [0.05, 0.1) is 13.7 Å². The number of fused-ring (bicyclic) bond motifs is 1. The Labute approximate surface area is 158 Å². The number of carbonyl (C=O) groups excluding carboxylic acids is 1. The summed E-state index contributed by atoms with van der Waals surface area (Å²) in [6.45, 7) is 2.07. The maximum atomic E-state index is 12.1. The first-order valence-corrected chi connectivity index (χ1v) is 8.75. The molecule has 0 atom stereocenters. The number of hydrogen-bond donors (Lipinski definition) is 1. The predicted octanol–water partition coefficient (Wildman–Crippen LogP) is 2.05. The van der Waals surface area contributed by atoms with E-state index in [1.54, 1.807) is 7.11 Å². The van der Waals surface area contributed by atoms with Crippen LogP contribution in [0.3, 0.4) is 0 Å². The van der Waals surface area contributed by atoms with E-state index in [-0.39, 0.29) is 12.7 Å². The van der Waals surface area contributed by atoms with E-state index < -0.39 is 0 Å². The zero-order chi connectivity index (χ0) is 19.1. The number of likely N-dealkylation sites (N-methyl/N-ethyl adjacent to an activating group) is 1. The fourth-order valence-electron chi connectivity index (χ4n) is 2.68. The number of methoxy groups -OCH3 is 1. The second kappa shape index (κ2) is 9.14. The van der Waals surface area contributed by atoms with Gasteiger partial charge in [0.2, 0.25) is 12.7 Å². The van der Waals surface area contributed by atoms with Crippen LogP contribution in [0, 0.1) is 0 Å². The minimum atomic E-state index is -0.0486. The molecule has 1 heterocycles. The Morgan fingerprint density at radius 3 is 2.74 bits per heavy atom. The van der Waals surface area contributed by atoms with Crippen molar-refractivity contribution < 1.29 is 23.7 Å². The second-order valence-electron chi connectivity index (χ2n) is 6.20. The highest BCUT2D eigenvalue weighted by molar-refractivity contribution is 5.78. The van der Waals surface area contributed by atoms with Crippen LogP contribution in [-0.2, 0) is 11.3 Å². The summed E-state index contributed by atoms with van der Waals surface area (Å²) in [5.74, 6) is 2.79. The van der Waals surface area contributed by atoms with Gasteiger partial charge in [0, 0.05) is 13.1 Å². The van der Waals surface area contributed by atoms with Crippen molar-refractivity contribution in [3.63, 3.8) is 0 Å². The van der Waals surface area contributed by atoms with Crippen LogP contribution in [0.1, 0.15) is 5.56 Å². The van der Waals surface area contributed by atoms with Gasteiger partial charge in [-0.1, -0.05) is 18.2 Å². The van der Waals surface area contributed by atoms with Crippen molar-refractivity contribution in [2.45, 2.75) is 6.54 Å². The number of benzene rings is 2. The molecule has 1 amide bonds. The largest absolute Gasteiger partial charge is 0.493 e. The lowest BCUT2D eigenvalue weighted by atomic mass is 10.2. The first-order chi connectivity index (χ1) is 13.2. The maximum Gasteiger partial charge on any atom is 0.234 e. The zero-order valence-corrected chi connectivity index (χ0v) is 15.6. The molecule has 1 aliphatic heterocycles. The molecule has 0 unspecified atom stereocenters. The highest BCUT2D eigenvalue weighted by atomic mass is 16.7. The topological polar surface area (TPSA) is 69.3 Å². The van der Waals surface area contributed by atoms with Gasteiger partial charge in [0.15, 0.2) is 23.0 Å². The Hall–Kier alpha value is -2.93. The third kappa shape index (κ3) is 5.27. The van der Waals surface area contributed by atoms with E-state index in [1.807, 2.05) is 54.4 Å². The first-order valence-electron chi connectivity index (χ1n) is 8.75. The molecule has 0 radical (unpaired) electrons. The lowest BCUT2D eigenvalue weighted by Gasteiger charge is -2.17. The molecule has 0 saturated carbocycles. The summed E-state index contributed by atoms with van der Waals surface area (Å²) in [5, 5.41) is 2.91. The highest BCUT2D eigenvalue weighted by Crippen LogP contribution is 2.32. The van der Waals surface area contributed by atoms with Crippen molar-refractivity contribution in [1.29, 1.82) is 0 Å². The van der Waals surface area contributed by atoms with E-state index in [0.717, 1.165) is 11.3 Å². The van der Waals surface area contributed by atoms with Crippen molar-refractivity contribution in [2.75, 3.05) is 40.6 Å². The summed E-state index contributed by atoms with van der Waals surface area (Å²) in [4.78, 5) is 14.0. The van der Waals surface area contributed by atoms with Crippen molar-refractivity contribution in [1.82, 2.24) is 10.2 Å². The fourth-order valence-corrected chi connectivity index (χ4v) is 2.68. The van der Waals surface area contributed by atoms with Crippen molar-refractivity contribution in [2.24, 2.45) is 0 Å².